The van der Waals surface area contributed by atoms with Crippen molar-refractivity contribution in [3.8, 4) is 6.07 Å². The smallest absolute Gasteiger partial charge is 0.262 e. The van der Waals surface area contributed by atoms with Crippen LogP contribution < -0.4 is 4.90 Å². The lowest BCUT2D eigenvalue weighted by Crippen LogP contribution is -2.37. The molecule has 0 spiro atoms. The Morgan fingerprint density at radius 2 is 2.08 bits per heavy atom. The molecule has 2 unspecified atom stereocenters. The second kappa shape index (κ2) is 7.80. The summed E-state index contributed by atoms with van der Waals surface area (Å²) in [7, 11) is -3.08. The average Bonchev–Trinajstić information content (AvgIpc) is 3.04. The van der Waals surface area contributed by atoms with Gasteiger partial charge in [0.15, 0.2) is 15.0 Å². The van der Waals surface area contributed by atoms with Gasteiger partial charge in [0.1, 0.15) is 6.42 Å². The number of nitrogens with zero attached hydrogens (tertiary/aromatic N) is 3. The van der Waals surface area contributed by atoms with Gasteiger partial charge < -0.3 is 4.90 Å². The van der Waals surface area contributed by atoms with E-state index in [1.165, 1.54) is 17.3 Å². The van der Waals surface area contributed by atoms with Crippen molar-refractivity contribution >= 4 is 38.4 Å². The summed E-state index contributed by atoms with van der Waals surface area (Å²) in [4.78, 5) is 17.8. The van der Waals surface area contributed by atoms with Gasteiger partial charge in [-0.2, -0.15) is 10.3 Å². The third kappa shape index (κ3) is 4.10. The highest BCUT2D eigenvalue weighted by atomic mass is 32.2. The molecule has 2 aliphatic heterocycles. The molecule has 26 heavy (non-hydrogen) atoms. The van der Waals surface area contributed by atoms with Crippen molar-refractivity contribution < 1.29 is 13.2 Å². The lowest BCUT2D eigenvalue weighted by molar-refractivity contribution is -0.116. The predicted molar refractivity (Wildman–Crippen MR) is 104 cm³/mol. The molecule has 1 aromatic carbocycles. The Labute approximate surface area is 158 Å². The second-order valence-corrected chi connectivity index (χ2v) is 9.92. The number of fused-ring (bicyclic) bond motifs is 1. The maximum Gasteiger partial charge on any atom is 0.262 e. The Hall–Kier alpha value is -1.85. The van der Waals surface area contributed by atoms with Crippen LogP contribution in [0.2, 0.25) is 0 Å². The number of nitriles is 1. The van der Waals surface area contributed by atoms with Crippen molar-refractivity contribution in [3.63, 3.8) is 0 Å². The van der Waals surface area contributed by atoms with Gasteiger partial charge in [0.25, 0.3) is 5.91 Å². The molecular formula is C18H21N3O3S2. The number of benzene rings is 1. The topological polar surface area (TPSA) is 90.6 Å². The first-order valence-electron chi connectivity index (χ1n) is 8.67. The van der Waals surface area contributed by atoms with Crippen LogP contribution in [0.4, 0.5) is 5.69 Å². The zero-order valence-electron chi connectivity index (χ0n) is 14.6. The number of thioether (sulfide) groups is 1. The van der Waals surface area contributed by atoms with Gasteiger partial charge in [0.2, 0.25) is 0 Å². The Morgan fingerprint density at radius 1 is 1.35 bits per heavy atom. The number of unbranched alkanes of at least 4 members (excludes halogenated alkanes) is 1. The molecule has 0 aliphatic carbocycles. The number of amidine groups is 1. The molecule has 138 valence electrons. The first kappa shape index (κ1) is 18.9. The van der Waals surface area contributed by atoms with Crippen LogP contribution in [-0.2, 0) is 21.1 Å². The van der Waals surface area contributed by atoms with Crippen LogP contribution in [0, 0.1) is 11.3 Å². The predicted octanol–water partition coefficient (Wildman–Crippen LogP) is 2.54. The number of aryl methyl sites for hydroxylation is 1. The zero-order valence-corrected chi connectivity index (χ0v) is 16.2. The average molecular weight is 392 g/mol. The van der Waals surface area contributed by atoms with E-state index in [1.807, 2.05) is 29.2 Å². The first-order valence-corrected chi connectivity index (χ1v) is 11.4. The standard InChI is InChI=1S/C18H21N3O3S2/c1-2-3-4-13-5-7-14(8-6-13)21-15-11-26(23,24)12-16(15)25-18(21)20-17(22)9-10-19/h5-8,15-16H,2-4,9,11-12H2,1H3. The molecule has 1 aromatic rings. The fraction of sp³-hybridized carbons (Fsp3) is 0.500. The van der Waals surface area contributed by atoms with Crippen molar-refractivity contribution in [1.29, 1.82) is 5.26 Å². The highest BCUT2D eigenvalue weighted by molar-refractivity contribution is 8.16. The Kier molecular flexibility index (Phi) is 5.68. The molecule has 6 nitrogen and oxygen atoms in total. The van der Waals surface area contributed by atoms with E-state index in [4.69, 9.17) is 5.26 Å². The van der Waals surface area contributed by atoms with Gasteiger partial charge in [0.05, 0.1) is 23.6 Å². The number of rotatable bonds is 5. The normalized spacial score (nSPS) is 25.2. The second-order valence-electron chi connectivity index (χ2n) is 6.56. The quantitative estimate of drug-likeness (QED) is 0.766. The molecule has 0 saturated carbocycles. The van der Waals surface area contributed by atoms with Crippen LogP contribution in [0.15, 0.2) is 29.3 Å². The van der Waals surface area contributed by atoms with Gasteiger partial charge in [-0.15, -0.1) is 0 Å². The third-order valence-electron chi connectivity index (χ3n) is 4.55. The molecule has 3 rings (SSSR count). The molecule has 2 saturated heterocycles. The Bertz CT molecular complexity index is 857. The van der Waals surface area contributed by atoms with E-state index in [1.54, 1.807) is 6.07 Å². The van der Waals surface area contributed by atoms with E-state index in [2.05, 4.69) is 11.9 Å². The summed E-state index contributed by atoms with van der Waals surface area (Å²) in [6.45, 7) is 2.15. The van der Waals surface area contributed by atoms with E-state index in [9.17, 15) is 13.2 Å². The number of anilines is 1. The fourth-order valence-electron chi connectivity index (χ4n) is 3.28. The summed E-state index contributed by atoms with van der Waals surface area (Å²) < 4.78 is 24.1. The molecule has 2 heterocycles. The molecule has 2 atom stereocenters. The van der Waals surface area contributed by atoms with Crippen molar-refractivity contribution in [2.75, 3.05) is 16.4 Å². The van der Waals surface area contributed by atoms with Gasteiger partial charge in [-0.25, -0.2) is 8.42 Å². The molecule has 0 N–H and O–H groups in total. The maximum absolute atomic E-state index is 12.0. The molecule has 1 amide bonds. The SMILES string of the molecule is CCCCc1ccc(N2C(=NC(=O)CC#N)SC3CS(=O)(=O)CC32)cc1. The Balaban J connectivity index is 1.90. The molecule has 0 radical (unpaired) electrons. The van der Waals surface area contributed by atoms with E-state index < -0.39 is 15.7 Å². The number of hydrogen-bond acceptors (Lipinski definition) is 5. The van der Waals surface area contributed by atoms with Gasteiger partial charge in [-0.05, 0) is 30.5 Å². The first-order chi connectivity index (χ1) is 12.4. The van der Waals surface area contributed by atoms with Gasteiger partial charge in [0, 0.05) is 10.9 Å². The molecular weight excluding hydrogens is 370 g/mol. The van der Waals surface area contributed by atoms with Crippen LogP contribution in [0.5, 0.6) is 0 Å². The minimum absolute atomic E-state index is 0.0632. The van der Waals surface area contributed by atoms with Crippen molar-refractivity contribution in [2.45, 2.75) is 43.9 Å². The van der Waals surface area contributed by atoms with E-state index in [-0.39, 0.29) is 29.2 Å². The minimum atomic E-state index is -3.08. The number of carbonyl (C=O) groups is 1. The lowest BCUT2D eigenvalue weighted by Gasteiger charge is -2.24. The van der Waals surface area contributed by atoms with Gasteiger partial charge in [-0.1, -0.05) is 37.2 Å². The minimum Gasteiger partial charge on any atom is -0.316 e. The summed E-state index contributed by atoms with van der Waals surface area (Å²) in [5.41, 5.74) is 2.07. The summed E-state index contributed by atoms with van der Waals surface area (Å²) in [6.07, 6.45) is 2.98. The number of carbonyl (C=O) groups excluding carboxylic acids is 1. The fourth-order valence-corrected chi connectivity index (χ4v) is 7.22. The lowest BCUT2D eigenvalue weighted by atomic mass is 10.1. The maximum atomic E-state index is 12.0. The number of hydrogen-bond donors (Lipinski definition) is 0. The summed E-state index contributed by atoms with van der Waals surface area (Å²) in [6, 6.07) is 9.59. The van der Waals surface area contributed by atoms with Crippen LogP contribution in [0.25, 0.3) is 0 Å². The van der Waals surface area contributed by atoms with Gasteiger partial charge >= 0.3 is 0 Å². The number of aliphatic imine (C=N–C) groups is 1. The van der Waals surface area contributed by atoms with E-state index in [0.29, 0.717) is 5.17 Å². The summed E-state index contributed by atoms with van der Waals surface area (Å²) in [5, 5.41) is 9.05. The Morgan fingerprint density at radius 3 is 2.73 bits per heavy atom. The summed E-state index contributed by atoms with van der Waals surface area (Å²) >= 11 is 1.33. The van der Waals surface area contributed by atoms with Crippen molar-refractivity contribution in [1.82, 2.24) is 0 Å². The number of sulfone groups is 1. The van der Waals surface area contributed by atoms with Crippen LogP contribution >= 0.6 is 11.8 Å². The highest BCUT2D eigenvalue weighted by Gasteiger charge is 2.49. The van der Waals surface area contributed by atoms with Crippen LogP contribution in [-0.4, -0.2) is 42.3 Å². The van der Waals surface area contributed by atoms with Crippen LogP contribution in [0.3, 0.4) is 0 Å². The van der Waals surface area contributed by atoms with E-state index >= 15 is 0 Å². The van der Waals surface area contributed by atoms with Gasteiger partial charge in [-0.3, -0.25) is 4.79 Å². The molecule has 2 aliphatic rings. The monoisotopic (exact) mass is 391 g/mol. The summed E-state index contributed by atoms with van der Waals surface area (Å²) in [5.74, 6) is -0.338. The number of amides is 1. The highest BCUT2D eigenvalue weighted by Crippen LogP contribution is 2.41. The molecule has 0 aromatic heterocycles. The van der Waals surface area contributed by atoms with Crippen LogP contribution in [0.1, 0.15) is 31.7 Å². The molecule has 8 heteroatoms. The van der Waals surface area contributed by atoms with E-state index in [0.717, 1.165) is 24.9 Å². The molecule has 2 fully saturated rings. The van der Waals surface area contributed by atoms with Crippen molar-refractivity contribution in [2.24, 2.45) is 4.99 Å². The largest absolute Gasteiger partial charge is 0.316 e. The molecule has 0 bridgehead atoms. The van der Waals surface area contributed by atoms with Crippen molar-refractivity contribution in [3.05, 3.63) is 29.8 Å². The third-order valence-corrected chi connectivity index (χ3v) is 7.76. The zero-order chi connectivity index (χ0) is 18.7.